The molecule has 1 unspecified atom stereocenters. The van der Waals surface area contributed by atoms with Gasteiger partial charge < -0.3 is 4.57 Å². The number of hydrogen-bond acceptors (Lipinski definition) is 5. The van der Waals surface area contributed by atoms with E-state index in [0.29, 0.717) is 34.0 Å². The summed E-state index contributed by atoms with van der Waals surface area (Å²) < 4.78 is 2.35. The van der Waals surface area contributed by atoms with Gasteiger partial charge in [-0.15, -0.1) is 0 Å². The molecule has 2 aromatic heterocycles. The maximum atomic E-state index is 9.61. The van der Waals surface area contributed by atoms with E-state index in [2.05, 4.69) is 158 Å². The second kappa shape index (κ2) is 16.6. The third-order valence-electron chi connectivity index (χ3n) is 14.9. The van der Waals surface area contributed by atoms with E-state index < -0.39 is 0 Å². The summed E-state index contributed by atoms with van der Waals surface area (Å²) in [5.74, 6) is 4.08. The number of fused-ring (bicyclic) bond motifs is 6. The van der Waals surface area contributed by atoms with Gasteiger partial charge in [-0.05, 0) is 167 Å². The quantitative estimate of drug-likeness (QED) is 0.159. The standard InChI is InChI=1S/C62H48N6/c1-39-30-43-31-40(2)35-62(34-39,36-43)52-26-22-44(23-27-52)45-24-28-53(29-25-45)68-56-8-4-3-6-54(56)58-55(7-5-9-57(58)68)61-66-59(48-16-12-42(38-64)13-17-48)65-60(67-61)50-21-19-47-18-20-49(32-51(47)33-50)46-14-10-41(37-63)11-15-46/h3-29,32-33,39-40,43H,30-31,34-36H2,1-2H3/t39-,40+,43-,62?. The SMILES string of the molecule is C[C@@H]1C[C@@H]2C[C@H](C)CC(c3ccc(-c4ccc(-n5c6ccccc6c6c(-c7nc(-c8ccc(C#N)cc8)nc(-c8ccc9ccc(-c%10ccc(C#N)cc%10)cc9c8)n7)cccc65)cc4)cc3)(C1)C2. The average Bonchev–Trinajstić information content (AvgIpc) is 3.72. The molecule has 0 saturated heterocycles. The van der Waals surface area contributed by atoms with Crippen molar-refractivity contribution in [2.75, 3.05) is 0 Å². The number of aromatic nitrogens is 4. The molecule has 2 aliphatic carbocycles. The van der Waals surface area contributed by atoms with Gasteiger partial charge in [0.15, 0.2) is 17.5 Å². The van der Waals surface area contributed by atoms with Crippen LogP contribution in [0.5, 0.6) is 0 Å². The van der Waals surface area contributed by atoms with E-state index in [-0.39, 0.29) is 0 Å². The molecule has 0 amide bonds. The minimum absolute atomic E-state index is 0.321. The highest BCUT2D eigenvalue weighted by atomic mass is 15.0. The summed E-state index contributed by atoms with van der Waals surface area (Å²) in [4.78, 5) is 15.6. The van der Waals surface area contributed by atoms with Crippen molar-refractivity contribution < 1.29 is 0 Å². The van der Waals surface area contributed by atoms with Gasteiger partial charge in [0.25, 0.3) is 0 Å². The predicted octanol–water partition coefficient (Wildman–Crippen LogP) is 15.3. The highest BCUT2D eigenvalue weighted by molar-refractivity contribution is 6.15. The van der Waals surface area contributed by atoms with Crippen LogP contribution in [0.2, 0.25) is 0 Å². The fourth-order valence-electron chi connectivity index (χ4n) is 12.1. The molecule has 2 fully saturated rings. The van der Waals surface area contributed by atoms with Gasteiger partial charge in [-0.25, -0.2) is 15.0 Å². The lowest BCUT2D eigenvalue weighted by Crippen LogP contribution is -2.42. The normalized spacial score (nSPS) is 18.9. The van der Waals surface area contributed by atoms with Crippen molar-refractivity contribution in [3.8, 4) is 74.2 Å². The molecule has 2 saturated carbocycles. The molecule has 8 aromatic carbocycles. The molecule has 10 aromatic rings. The highest BCUT2D eigenvalue weighted by Gasteiger charge is 2.45. The predicted molar refractivity (Wildman–Crippen MR) is 275 cm³/mol. The summed E-state index contributed by atoms with van der Waals surface area (Å²) in [5, 5.41) is 23.3. The van der Waals surface area contributed by atoms with E-state index in [1.54, 1.807) is 12.1 Å². The van der Waals surface area contributed by atoms with Gasteiger partial charge in [-0.2, -0.15) is 10.5 Å². The van der Waals surface area contributed by atoms with Crippen LogP contribution < -0.4 is 0 Å². The van der Waals surface area contributed by atoms with Gasteiger partial charge in [-0.1, -0.05) is 117 Å². The van der Waals surface area contributed by atoms with Crippen LogP contribution in [0.4, 0.5) is 0 Å². The van der Waals surface area contributed by atoms with E-state index in [4.69, 9.17) is 15.0 Å². The van der Waals surface area contributed by atoms with E-state index in [0.717, 1.165) is 83.8 Å². The molecule has 12 rings (SSSR count). The molecule has 0 N–H and O–H groups in total. The van der Waals surface area contributed by atoms with Crippen LogP contribution in [-0.2, 0) is 5.41 Å². The van der Waals surface area contributed by atoms with E-state index in [9.17, 15) is 10.5 Å². The Hall–Kier alpha value is -8.19. The zero-order chi connectivity index (χ0) is 45.9. The Morgan fingerprint density at radius 2 is 1.01 bits per heavy atom. The summed E-state index contributed by atoms with van der Waals surface area (Å²) in [5.41, 5.74) is 13.4. The Labute approximate surface area is 396 Å². The highest BCUT2D eigenvalue weighted by Crippen LogP contribution is 2.54. The van der Waals surface area contributed by atoms with Crippen LogP contribution in [0.1, 0.15) is 62.6 Å². The lowest BCUT2D eigenvalue weighted by atomic mass is 9.54. The molecule has 0 aliphatic heterocycles. The Morgan fingerprint density at radius 3 is 1.69 bits per heavy atom. The summed E-state index contributed by atoms with van der Waals surface area (Å²) in [7, 11) is 0. The summed E-state index contributed by atoms with van der Waals surface area (Å²) >= 11 is 0. The molecule has 2 bridgehead atoms. The van der Waals surface area contributed by atoms with Gasteiger partial charge in [-0.3, -0.25) is 0 Å². The van der Waals surface area contributed by atoms with E-state index in [1.165, 1.54) is 48.8 Å². The molecule has 4 atom stereocenters. The molecule has 326 valence electrons. The van der Waals surface area contributed by atoms with Crippen molar-refractivity contribution in [2.24, 2.45) is 17.8 Å². The molecule has 0 radical (unpaired) electrons. The molecule has 6 nitrogen and oxygen atoms in total. The lowest BCUT2D eigenvalue weighted by molar-refractivity contribution is 0.0780. The minimum Gasteiger partial charge on any atom is -0.309 e. The van der Waals surface area contributed by atoms with E-state index >= 15 is 0 Å². The van der Waals surface area contributed by atoms with Crippen LogP contribution >= 0.6 is 0 Å². The van der Waals surface area contributed by atoms with Crippen molar-refractivity contribution in [3.05, 3.63) is 193 Å². The second-order valence-corrected chi connectivity index (χ2v) is 19.6. The minimum atomic E-state index is 0.321. The average molecular weight is 877 g/mol. The van der Waals surface area contributed by atoms with Crippen LogP contribution in [0.15, 0.2) is 176 Å². The van der Waals surface area contributed by atoms with Gasteiger partial charge in [0, 0.05) is 33.2 Å². The maximum Gasteiger partial charge on any atom is 0.164 e. The lowest BCUT2D eigenvalue weighted by Gasteiger charge is -2.50. The van der Waals surface area contributed by atoms with Crippen molar-refractivity contribution >= 4 is 32.6 Å². The fourth-order valence-corrected chi connectivity index (χ4v) is 12.1. The number of rotatable bonds is 7. The molecular formula is C62H48N6. The van der Waals surface area contributed by atoms with Crippen LogP contribution in [0.25, 0.3) is 94.7 Å². The number of para-hydroxylation sites is 1. The van der Waals surface area contributed by atoms with Gasteiger partial charge in [0.05, 0.1) is 34.3 Å². The first kappa shape index (κ1) is 41.3. The first-order valence-corrected chi connectivity index (χ1v) is 23.9. The van der Waals surface area contributed by atoms with Crippen molar-refractivity contribution in [3.63, 3.8) is 0 Å². The molecule has 2 aliphatic rings. The van der Waals surface area contributed by atoms with Crippen LogP contribution in [0.3, 0.4) is 0 Å². The number of benzene rings is 8. The second-order valence-electron chi connectivity index (χ2n) is 19.6. The Bertz CT molecular complexity index is 3630. The Balaban J connectivity index is 0.942. The zero-order valence-corrected chi connectivity index (χ0v) is 38.2. The van der Waals surface area contributed by atoms with Crippen molar-refractivity contribution in [1.82, 2.24) is 19.5 Å². The maximum absolute atomic E-state index is 9.61. The molecular weight excluding hydrogens is 829 g/mol. The van der Waals surface area contributed by atoms with Gasteiger partial charge in [0.1, 0.15) is 0 Å². The van der Waals surface area contributed by atoms with Crippen molar-refractivity contribution in [2.45, 2.75) is 51.4 Å². The topological polar surface area (TPSA) is 91.2 Å². The van der Waals surface area contributed by atoms with E-state index in [1.807, 2.05) is 36.4 Å². The number of nitrogens with zero attached hydrogens (tertiary/aromatic N) is 6. The largest absolute Gasteiger partial charge is 0.309 e. The third-order valence-corrected chi connectivity index (χ3v) is 14.9. The Morgan fingerprint density at radius 1 is 0.485 bits per heavy atom. The van der Waals surface area contributed by atoms with Gasteiger partial charge in [0.2, 0.25) is 0 Å². The third kappa shape index (κ3) is 7.31. The molecule has 6 heteroatoms. The zero-order valence-electron chi connectivity index (χ0n) is 38.2. The number of hydrogen-bond donors (Lipinski definition) is 0. The molecule has 2 heterocycles. The smallest absolute Gasteiger partial charge is 0.164 e. The first-order valence-electron chi connectivity index (χ1n) is 23.9. The van der Waals surface area contributed by atoms with Crippen LogP contribution in [-0.4, -0.2) is 19.5 Å². The first-order chi connectivity index (χ1) is 33.3. The summed E-state index contributed by atoms with van der Waals surface area (Å²) in [6, 6.07) is 65.8. The molecule has 68 heavy (non-hydrogen) atoms. The number of nitriles is 2. The van der Waals surface area contributed by atoms with Crippen molar-refractivity contribution in [1.29, 1.82) is 10.5 Å². The fraction of sp³-hybridized carbons (Fsp3) is 0.177. The summed E-state index contributed by atoms with van der Waals surface area (Å²) in [6.07, 6.45) is 6.74. The summed E-state index contributed by atoms with van der Waals surface area (Å²) in [6.45, 7) is 4.93. The molecule has 0 spiro atoms. The monoisotopic (exact) mass is 876 g/mol. The van der Waals surface area contributed by atoms with Gasteiger partial charge >= 0.3 is 0 Å². The Kier molecular flexibility index (Phi) is 10.1. The van der Waals surface area contributed by atoms with Crippen LogP contribution in [0, 0.1) is 40.4 Å².